The molecule has 1 unspecified atom stereocenters. The van der Waals surface area contributed by atoms with Crippen molar-refractivity contribution in [1.82, 2.24) is 4.31 Å². The van der Waals surface area contributed by atoms with Gasteiger partial charge in [-0.15, -0.1) is 0 Å². The highest BCUT2D eigenvalue weighted by Crippen LogP contribution is 2.35. The van der Waals surface area contributed by atoms with E-state index in [1.54, 1.807) is 42.5 Å². The van der Waals surface area contributed by atoms with Gasteiger partial charge >= 0.3 is 5.97 Å². The molecule has 0 bridgehead atoms. The number of carbonyl (C=O) groups is 1. The maximum Gasteiger partial charge on any atom is 0.304 e. The lowest BCUT2D eigenvalue weighted by atomic mass is 9.84. The second-order valence-corrected chi connectivity index (χ2v) is 11.1. The van der Waals surface area contributed by atoms with Gasteiger partial charge in [-0.2, -0.15) is 9.57 Å². The second-order valence-electron chi connectivity index (χ2n) is 9.19. The van der Waals surface area contributed by atoms with E-state index >= 15 is 0 Å². The average Bonchev–Trinajstić information content (AvgIpc) is 2.92. The lowest BCUT2D eigenvalue weighted by molar-refractivity contribution is -0.137. The van der Waals surface area contributed by atoms with Gasteiger partial charge in [-0.05, 0) is 72.9 Å². The molecule has 1 N–H and O–H groups in total. The number of nitriles is 1. The zero-order chi connectivity index (χ0) is 26.0. The summed E-state index contributed by atoms with van der Waals surface area (Å²) in [6.07, 6.45) is -0.469. The van der Waals surface area contributed by atoms with Crippen molar-refractivity contribution < 1.29 is 23.1 Å². The molecule has 0 amide bonds. The fourth-order valence-corrected chi connectivity index (χ4v) is 6.29. The summed E-state index contributed by atoms with van der Waals surface area (Å²) in [5.74, 6) is -1.04. The van der Waals surface area contributed by atoms with Crippen molar-refractivity contribution in [3.63, 3.8) is 0 Å². The van der Waals surface area contributed by atoms with E-state index in [-0.39, 0.29) is 30.5 Å². The van der Waals surface area contributed by atoms with Crippen LogP contribution in [0.5, 0.6) is 5.75 Å². The summed E-state index contributed by atoms with van der Waals surface area (Å²) >= 11 is 0. The average molecular weight is 505 g/mol. The van der Waals surface area contributed by atoms with Crippen LogP contribution >= 0.6 is 0 Å². The van der Waals surface area contributed by atoms with Gasteiger partial charge in [0.15, 0.2) is 0 Å². The monoisotopic (exact) mass is 504 g/mol. The first-order chi connectivity index (χ1) is 17.1. The zero-order valence-corrected chi connectivity index (χ0v) is 21.2. The molecule has 1 aliphatic heterocycles. The van der Waals surface area contributed by atoms with E-state index in [2.05, 4.69) is 6.07 Å². The molecule has 0 aliphatic carbocycles. The number of hydrogen-bond acceptors (Lipinski definition) is 5. The molecule has 186 valence electrons. The third-order valence-corrected chi connectivity index (χ3v) is 8.38. The normalized spacial score (nSPS) is 17.8. The van der Waals surface area contributed by atoms with Crippen LogP contribution in [0.2, 0.25) is 0 Å². The van der Waals surface area contributed by atoms with Crippen LogP contribution in [0.25, 0.3) is 0 Å². The first kappa shape index (κ1) is 25.4. The van der Waals surface area contributed by atoms with E-state index in [4.69, 9.17) is 4.74 Å². The Hall–Kier alpha value is -3.67. The van der Waals surface area contributed by atoms with Crippen molar-refractivity contribution in [3.05, 3.63) is 94.0 Å². The lowest BCUT2D eigenvalue weighted by Gasteiger charge is -2.24. The Kier molecular flexibility index (Phi) is 7.16. The van der Waals surface area contributed by atoms with Crippen molar-refractivity contribution in [3.8, 4) is 11.8 Å². The molecule has 3 aromatic carbocycles. The Morgan fingerprint density at radius 2 is 1.89 bits per heavy atom. The van der Waals surface area contributed by atoms with Crippen molar-refractivity contribution in [1.29, 1.82) is 5.26 Å². The van der Waals surface area contributed by atoms with Crippen LogP contribution in [-0.2, 0) is 21.4 Å². The Morgan fingerprint density at radius 1 is 1.14 bits per heavy atom. The highest BCUT2D eigenvalue weighted by molar-refractivity contribution is 7.89. The molecule has 2 atom stereocenters. The molecular formula is C28H28N2O5S. The number of para-hydroxylation sites is 1. The number of aliphatic carboxylic acids is 1. The SMILES string of the molecule is Cc1ccc(C(CC(=O)O)c2ccc(C#N)cc2C)cc1CN1C[C@@H](C)Oc2ccccc2S1(=O)=O. The van der Waals surface area contributed by atoms with Crippen LogP contribution in [0, 0.1) is 25.2 Å². The second kappa shape index (κ2) is 10.1. The standard InChI is InChI=1S/C28H28N2O5S/c1-18-8-10-22(25(14-28(31)32)24-11-9-21(15-29)12-19(24)2)13-23(18)17-30-16-20(3)35-26-6-4-5-7-27(26)36(30,33)34/h4-13,20,25H,14,16-17H2,1-3H3,(H,31,32)/t20-,25?/m1/s1. The first-order valence-electron chi connectivity index (χ1n) is 11.7. The number of carboxylic acids is 1. The van der Waals surface area contributed by atoms with Crippen LogP contribution in [0.3, 0.4) is 0 Å². The molecule has 7 nitrogen and oxygen atoms in total. The van der Waals surface area contributed by atoms with Gasteiger partial charge in [0.2, 0.25) is 10.0 Å². The Labute approximate surface area is 211 Å². The smallest absolute Gasteiger partial charge is 0.304 e. The van der Waals surface area contributed by atoms with Crippen molar-refractivity contribution >= 4 is 16.0 Å². The van der Waals surface area contributed by atoms with Crippen molar-refractivity contribution in [2.24, 2.45) is 0 Å². The highest BCUT2D eigenvalue weighted by atomic mass is 32.2. The maximum absolute atomic E-state index is 13.5. The van der Waals surface area contributed by atoms with Gasteiger partial charge in [0.25, 0.3) is 0 Å². The predicted molar refractivity (Wildman–Crippen MR) is 135 cm³/mol. The maximum atomic E-state index is 13.5. The molecule has 4 rings (SSSR count). The quantitative estimate of drug-likeness (QED) is 0.519. The molecule has 0 saturated heterocycles. The van der Waals surface area contributed by atoms with Crippen LogP contribution in [0.4, 0.5) is 0 Å². The van der Waals surface area contributed by atoms with Gasteiger partial charge in [-0.25, -0.2) is 8.42 Å². The van der Waals surface area contributed by atoms with Gasteiger partial charge in [0, 0.05) is 12.5 Å². The minimum absolute atomic E-state index is 0.129. The first-order valence-corrected chi connectivity index (χ1v) is 13.1. The number of fused-ring (bicyclic) bond motifs is 1. The van der Waals surface area contributed by atoms with Crippen LogP contribution in [0.15, 0.2) is 65.6 Å². The van der Waals surface area contributed by atoms with Crippen LogP contribution in [0.1, 0.15) is 52.6 Å². The van der Waals surface area contributed by atoms with Crippen molar-refractivity contribution in [2.75, 3.05) is 6.54 Å². The summed E-state index contributed by atoms with van der Waals surface area (Å²) in [5, 5.41) is 18.9. The molecule has 0 spiro atoms. The minimum atomic E-state index is -3.80. The molecule has 1 heterocycles. The van der Waals surface area contributed by atoms with Crippen LogP contribution < -0.4 is 4.74 Å². The summed E-state index contributed by atoms with van der Waals surface area (Å²) in [7, 11) is -3.80. The Bertz CT molecular complexity index is 1460. The van der Waals surface area contributed by atoms with E-state index < -0.39 is 21.9 Å². The minimum Gasteiger partial charge on any atom is -0.488 e. The highest BCUT2D eigenvalue weighted by Gasteiger charge is 2.33. The number of sulfonamides is 1. The van der Waals surface area contributed by atoms with E-state index in [1.807, 2.05) is 39.0 Å². The zero-order valence-electron chi connectivity index (χ0n) is 20.4. The molecule has 0 fully saturated rings. The predicted octanol–water partition coefficient (Wildman–Crippen LogP) is 4.75. The fraction of sp³-hybridized carbons (Fsp3) is 0.286. The Balaban J connectivity index is 1.74. The van der Waals surface area contributed by atoms with Gasteiger partial charge in [0.1, 0.15) is 16.7 Å². The molecular weight excluding hydrogens is 476 g/mol. The summed E-state index contributed by atoms with van der Waals surface area (Å²) in [5.41, 5.74) is 4.65. The van der Waals surface area contributed by atoms with E-state index in [1.165, 1.54) is 4.31 Å². The molecule has 0 radical (unpaired) electrons. The number of rotatable bonds is 6. The van der Waals surface area contributed by atoms with E-state index in [0.29, 0.717) is 11.3 Å². The topological polar surface area (TPSA) is 108 Å². The van der Waals surface area contributed by atoms with E-state index in [9.17, 15) is 23.6 Å². The van der Waals surface area contributed by atoms with Gasteiger partial charge in [-0.1, -0.05) is 36.4 Å². The van der Waals surface area contributed by atoms with Crippen molar-refractivity contribution in [2.45, 2.75) is 50.7 Å². The number of carboxylic acid groups (broad SMARTS) is 1. The number of hydrogen-bond donors (Lipinski definition) is 1. The summed E-state index contributed by atoms with van der Waals surface area (Å²) in [4.78, 5) is 11.9. The molecule has 3 aromatic rings. The largest absolute Gasteiger partial charge is 0.488 e. The lowest BCUT2D eigenvalue weighted by Crippen LogP contribution is -2.35. The molecule has 1 aliphatic rings. The Morgan fingerprint density at radius 3 is 2.58 bits per heavy atom. The molecule has 36 heavy (non-hydrogen) atoms. The van der Waals surface area contributed by atoms with E-state index in [0.717, 1.165) is 27.8 Å². The number of ether oxygens (including phenoxy) is 1. The third-order valence-electron chi connectivity index (χ3n) is 6.53. The summed E-state index contributed by atoms with van der Waals surface area (Å²) in [6, 6.07) is 19.7. The fourth-order valence-electron chi connectivity index (χ4n) is 4.67. The van der Waals surface area contributed by atoms with Crippen LogP contribution in [-0.4, -0.2) is 36.4 Å². The number of nitrogens with zero attached hydrogens (tertiary/aromatic N) is 2. The molecule has 8 heteroatoms. The number of aryl methyl sites for hydroxylation is 2. The third kappa shape index (κ3) is 5.13. The molecule has 0 aromatic heterocycles. The van der Waals surface area contributed by atoms with Gasteiger partial charge < -0.3 is 9.84 Å². The molecule has 0 saturated carbocycles. The van der Waals surface area contributed by atoms with Gasteiger partial charge in [0.05, 0.1) is 24.6 Å². The van der Waals surface area contributed by atoms with Gasteiger partial charge in [-0.3, -0.25) is 4.79 Å². The summed E-state index contributed by atoms with van der Waals surface area (Å²) < 4.78 is 34.3. The summed E-state index contributed by atoms with van der Waals surface area (Å²) in [6.45, 7) is 5.94. The number of benzene rings is 3.